The number of benzene rings is 1. The van der Waals surface area contributed by atoms with Crippen LogP contribution in [0.1, 0.15) is 106 Å². The van der Waals surface area contributed by atoms with Crippen LogP contribution >= 0.6 is 0 Å². The second-order valence-electron chi connectivity index (χ2n) is 12.2. The van der Waals surface area contributed by atoms with Crippen molar-refractivity contribution in [3.63, 3.8) is 0 Å². The van der Waals surface area contributed by atoms with E-state index in [-0.39, 0.29) is 63.0 Å². The Morgan fingerprint density at radius 2 is 1.57 bits per heavy atom. The fourth-order valence-electron chi connectivity index (χ4n) is 5.12. The van der Waals surface area contributed by atoms with Crippen molar-refractivity contribution >= 4 is 41.7 Å². The zero-order chi connectivity index (χ0) is 41.1. The molecule has 16 heteroatoms. The molecule has 5 amide bonds. The van der Waals surface area contributed by atoms with Crippen molar-refractivity contribution in [3.8, 4) is 0 Å². The third kappa shape index (κ3) is 20.7. The Kier molecular flexibility index (Phi) is 27.4. The highest BCUT2D eigenvalue weighted by atomic mass is 19.4. The molecule has 1 aliphatic rings. The van der Waals surface area contributed by atoms with Crippen LogP contribution in [0.2, 0.25) is 0 Å². The molecule has 6 N–H and O–H groups in total. The predicted octanol–water partition coefficient (Wildman–Crippen LogP) is 4.83. The van der Waals surface area contributed by atoms with Crippen molar-refractivity contribution in [1.29, 1.82) is 0 Å². The van der Waals surface area contributed by atoms with E-state index in [2.05, 4.69) is 27.0 Å². The number of rotatable bonds is 19. The Balaban J connectivity index is 0. The van der Waals surface area contributed by atoms with Gasteiger partial charge in [-0.25, -0.2) is 0 Å². The normalized spacial score (nSPS) is 15.3. The number of alkyl halides is 3. The quantitative estimate of drug-likeness (QED) is 0.0570. The molecule has 1 aromatic carbocycles. The minimum absolute atomic E-state index is 0.0781. The van der Waals surface area contributed by atoms with E-state index in [0.717, 1.165) is 0 Å². The summed E-state index contributed by atoms with van der Waals surface area (Å²) in [7, 11) is 1.74. The van der Waals surface area contributed by atoms with Gasteiger partial charge in [0.15, 0.2) is 0 Å². The van der Waals surface area contributed by atoms with E-state index in [1.54, 1.807) is 52.1 Å². The van der Waals surface area contributed by atoms with Crippen molar-refractivity contribution < 1.29 is 46.7 Å². The van der Waals surface area contributed by atoms with Gasteiger partial charge in [0.05, 0.1) is 6.04 Å². The number of nitrogens with one attached hydrogen (secondary N) is 4. The van der Waals surface area contributed by atoms with Crippen molar-refractivity contribution in [2.75, 3.05) is 25.5 Å². The molecule has 1 heterocycles. The van der Waals surface area contributed by atoms with Gasteiger partial charge >= 0.3 is 12.1 Å². The van der Waals surface area contributed by atoms with Gasteiger partial charge in [0.2, 0.25) is 30.0 Å². The number of carbonyl (C=O) groups is 6. The number of primary amides is 1. The standard InChI is InChI=1S/C32H48F3N5O6.2C2H6.CH3NO/c1-20(2)28(39-26(32(33,34)35)11-7-6-8-17-40-27(42)18-21(3)31(40)45)30(44)38-25(10-9-16-36-5)29(43)37-24-14-12-23(13-15-24)19-46-22(4)41;2*1-2;2-1-3/h12-15,20-21,25-26,28,36,39H,6-11,16-19H2,1-5H3,(H,37,43)(H,38,44);2*1-2H3;1H,(H2,2,3). The highest BCUT2D eigenvalue weighted by molar-refractivity contribution is 6.03. The molecule has 1 saturated heterocycles. The summed E-state index contributed by atoms with van der Waals surface area (Å²) in [6, 6.07) is 2.39. The molecule has 53 heavy (non-hydrogen) atoms. The third-order valence-corrected chi connectivity index (χ3v) is 7.79. The van der Waals surface area contributed by atoms with Gasteiger partial charge in [-0.2, -0.15) is 13.2 Å². The number of anilines is 1. The lowest BCUT2D eigenvalue weighted by Gasteiger charge is -2.30. The van der Waals surface area contributed by atoms with Crippen LogP contribution < -0.4 is 27.0 Å². The minimum atomic E-state index is -4.63. The number of amides is 5. The number of nitrogens with zero attached hydrogens (tertiary/aromatic N) is 1. The summed E-state index contributed by atoms with van der Waals surface area (Å²) in [5, 5.41) is 10.9. The van der Waals surface area contributed by atoms with Crippen molar-refractivity contribution in [1.82, 2.24) is 20.9 Å². The van der Waals surface area contributed by atoms with E-state index in [9.17, 15) is 37.1 Å². The Bertz CT molecular complexity index is 1230. The zero-order valence-electron chi connectivity index (χ0n) is 32.9. The maximum atomic E-state index is 14.1. The summed E-state index contributed by atoms with van der Waals surface area (Å²) < 4.78 is 47.2. The summed E-state index contributed by atoms with van der Waals surface area (Å²) >= 11 is 0. The lowest BCUT2D eigenvalue weighted by molar-refractivity contribution is -0.161. The van der Waals surface area contributed by atoms with Crippen LogP contribution in [-0.4, -0.2) is 85.3 Å². The predicted molar refractivity (Wildman–Crippen MR) is 199 cm³/mol. The number of imide groups is 1. The number of unbranched alkanes of at least 4 members (excludes halogenated alkanes) is 2. The molecule has 304 valence electrons. The Morgan fingerprint density at radius 1 is 0.981 bits per heavy atom. The molecule has 0 aromatic heterocycles. The van der Waals surface area contributed by atoms with Gasteiger partial charge in [-0.05, 0) is 62.9 Å². The van der Waals surface area contributed by atoms with E-state index >= 15 is 0 Å². The molecule has 13 nitrogen and oxygen atoms in total. The molecule has 4 unspecified atom stereocenters. The molecule has 1 aliphatic heterocycles. The van der Waals surface area contributed by atoms with Gasteiger partial charge in [0, 0.05) is 31.5 Å². The molecule has 0 bridgehead atoms. The monoisotopic (exact) mass is 760 g/mol. The maximum Gasteiger partial charge on any atom is 0.403 e. The van der Waals surface area contributed by atoms with Crippen LogP contribution in [-0.2, 0) is 40.1 Å². The van der Waals surface area contributed by atoms with Gasteiger partial charge in [-0.3, -0.25) is 39.0 Å². The molecular formula is C37H63F3N6O7. The summed E-state index contributed by atoms with van der Waals surface area (Å²) in [5.74, 6) is -3.06. The van der Waals surface area contributed by atoms with Crippen LogP contribution in [0.4, 0.5) is 18.9 Å². The second-order valence-corrected chi connectivity index (χ2v) is 12.2. The Labute approximate surface area is 313 Å². The van der Waals surface area contributed by atoms with E-state index in [1.807, 2.05) is 27.7 Å². The first-order chi connectivity index (χ1) is 25.0. The number of ether oxygens (including phenoxy) is 1. The lowest BCUT2D eigenvalue weighted by atomic mass is 9.99. The van der Waals surface area contributed by atoms with E-state index in [1.165, 1.54) is 11.8 Å². The minimum Gasteiger partial charge on any atom is -0.461 e. The van der Waals surface area contributed by atoms with Crippen LogP contribution in [0.3, 0.4) is 0 Å². The molecule has 0 aliphatic carbocycles. The maximum absolute atomic E-state index is 14.1. The number of likely N-dealkylation sites (tertiary alicyclic amines) is 1. The van der Waals surface area contributed by atoms with E-state index in [4.69, 9.17) is 9.53 Å². The second kappa shape index (κ2) is 28.5. The highest BCUT2D eigenvalue weighted by Crippen LogP contribution is 2.26. The summed E-state index contributed by atoms with van der Waals surface area (Å²) in [5.41, 5.74) is 5.32. The third-order valence-electron chi connectivity index (χ3n) is 7.79. The van der Waals surface area contributed by atoms with Crippen LogP contribution in [0.5, 0.6) is 0 Å². The topological polar surface area (TPSA) is 189 Å². The van der Waals surface area contributed by atoms with E-state index < -0.39 is 48.0 Å². The first kappa shape index (κ1) is 51.1. The van der Waals surface area contributed by atoms with Gasteiger partial charge in [-0.15, -0.1) is 0 Å². The highest BCUT2D eigenvalue weighted by Gasteiger charge is 2.42. The van der Waals surface area contributed by atoms with Gasteiger partial charge in [-0.1, -0.05) is 73.4 Å². The smallest absolute Gasteiger partial charge is 0.403 e. The molecule has 0 saturated carbocycles. The zero-order valence-corrected chi connectivity index (χ0v) is 32.9. The molecule has 2 rings (SSSR count). The van der Waals surface area contributed by atoms with Crippen LogP contribution in [0.25, 0.3) is 0 Å². The molecule has 0 spiro atoms. The first-order valence-electron chi connectivity index (χ1n) is 18.4. The lowest BCUT2D eigenvalue weighted by Crippen LogP contribution is -2.58. The average Bonchev–Trinajstić information content (AvgIpc) is 3.35. The number of nitrogens with two attached hydrogens (primary N) is 1. The number of halogens is 3. The number of carbonyl (C=O) groups excluding carboxylic acids is 6. The fraction of sp³-hybridized carbons (Fsp3) is 0.676. The average molecular weight is 761 g/mol. The molecule has 1 fully saturated rings. The van der Waals surface area contributed by atoms with Crippen molar-refractivity contribution in [2.24, 2.45) is 17.6 Å². The Morgan fingerprint density at radius 3 is 2.04 bits per heavy atom. The Hall–Kier alpha value is -4.05. The molecular weight excluding hydrogens is 697 g/mol. The van der Waals surface area contributed by atoms with Gasteiger partial charge in [0.25, 0.3) is 0 Å². The molecule has 4 atom stereocenters. The van der Waals surface area contributed by atoms with Crippen molar-refractivity contribution in [2.45, 2.75) is 131 Å². The SMILES string of the molecule is CC.CC.CNCCCC(NC(=O)C(NC(CCCCCN1C(=O)CC(C)C1=O)C(F)(F)F)C(C)C)C(=O)Nc1ccc(COC(C)=O)cc1.NC=O. The van der Waals surface area contributed by atoms with Crippen LogP contribution in [0.15, 0.2) is 24.3 Å². The van der Waals surface area contributed by atoms with Crippen LogP contribution in [0, 0.1) is 11.8 Å². The summed E-state index contributed by atoms with van der Waals surface area (Å²) in [6.45, 7) is 15.0. The van der Waals surface area contributed by atoms with Gasteiger partial charge < -0.3 is 26.4 Å². The molecule has 0 radical (unpaired) electrons. The number of esters is 1. The summed E-state index contributed by atoms with van der Waals surface area (Å²) in [4.78, 5) is 71.4. The number of hydrogen-bond donors (Lipinski definition) is 5. The largest absolute Gasteiger partial charge is 0.461 e. The molecule has 1 aromatic rings. The number of hydrogen-bond acceptors (Lipinski definition) is 9. The summed E-state index contributed by atoms with van der Waals surface area (Å²) in [6.07, 6.45) is -2.82. The first-order valence-corrected chi connectivity index (χ1v) is 18.4. The van der Waals surface area contributed by atoms with Gasteiger partial charge in [0.1, 0.15) is 18.7 Å². The fourth-order valence-corrected chi connectivity index (χ4v) is 5.12. The van der Waals surface area contributed by atoms with E-state index in [0.29, 0.717) is 37.1 Å². The van der Waals surface area contributed by atoms with Crippen molar-refractivity contribution in [3.05, 3.63) is 29.8 Å².